The number of carbonyl (C=O) groups excluding carboxylic acids is 1. The van der Waals surface area contributed by atoms with Crippen molar-refractivity contribution in [2.75, 3.05) is 24.8 Å². The summed E-state index contributed by atoms with van der Waals surface area (Å²) in [6.07, 6.45) is 5.98. The molecule has 160 valence electrons. The predicted molar refractivity (Wildman–Crippen MR) is 116 cm³/mol. The van der Waals surface area contributed by atoms with Crippen molar-refractivity contribution in [3.05, 3.63) is 29.3 Å². The van der Waals surface area contributed by atoms with Crippen LogP contribution in [0.25, 0.3) is 0 Å². The Balaban J connectivity index is 1.49. The zero-order valence-corrected chi connectivity index (χ0v) is 18.6. The number of alkyl halides is 2. The van der Waals surface area contributed by atoms with Gasteiger partial charge in [0.05, 0.1) is 6.10 Å². The van der Waals surface area contributed by atoms with Crippen molar-refractivity contribution in [1.82, 2.24) is 4.90 Å². The van der Waals surface area contributed by atoms with Gasteiger partial charge in [0.1, 0.15) is 5.75 Å². The van der Waals surface area contributed by atoms with Gasteiger partial charge >= 0.3 is 6.09 Å². The fourth-order valence-corrected chi connectivity index (χ4v) is 6.67. The molecule has 1 N–H and O–H groups in total. The minimum atomic E-state index is -0.395. The summed E-state index contributed by atoms with van der Waals surface area (Å²) >= 11 is 11.6. The number of hydrogen-bond donors (Lipinski definition) is 1. The van der Waals surface area contributed by atoms with E-state index in [-0.39, 0.29) is 11.5 Å². The van der Waals surface area contributed by atoms with Crippen LogP contribution in [-0.4, -0.2) is 47.1 Å². The molecule has 0 aromatic heterocycles. The first-order chi connectivity index (χ1) is 14.0. The van der Waals surface area contributed by atoms with E-state index in [1.165, 1.54) is 11.1 Å². The van der Waals surface area contributed by atoms with E-state index in [2.05, 4.69) is 13.0 Å². The largest absolute Gasteiger partial charge is 0.415 e. The molecule has 2 saturated carbocycles. The second-order valence-electron chi connectivity index (χ2n) is 9.15. The van der Waals surface area contributed by atoms with Crippen LogP contribution in [0.4, 0.5) is 4.79 Å². The van der Waals surface area contributed by atoms with Crippen molar-refractivity contribution < 1.29 is 14.6 Å². The Morgan fingerprint density at radius 1 is 1.21 bits per heavy atom. The molecule has 2 fully saturated rings. The quantitative estimate of drug-likeness (QED) is 0.642. The SMILES string of the molecule is C[C@@]12CC[C@H]3c4ccc(OC(=O)N(CCCl)CCCl)cc4CC[C@@H]3[C@H]1CC[C@@H]2O. The van der Waals surface area contributed by atoms with Crippen LogP contribution in [-0.2, 0) is 6.42 Å². The van der Waals surface area contributed by atoms with Gasteiger partial charge in [-0.25, -0.2) is 4.79 Å². The number of nitrogens with zero attached hydrogens (tertiary/aromatic N) is 1. The molecule has 4 nitrogen and oxygen atoms in total. The predicted octanol–water partition coefficient (Wildman–Crippen LogP) is 5.18. The Kier molecular flexibility index (Phi) is 6.34. The van der Waals surface area contributed by atoms with Crippen molar-refractivity contribution in [3.8, 4) is 5.75 Å². The van der Waals surface area contributed by atoms with Gasteiger partial charge in [-0.2, -0.15) is 0 Å². The molecule has 5 atom stereocenters. The third kappa shape index (κ3) is 3.88. The lowest BCUT2D eigenvalue weighted by Crippen LogP contribution is -2.43. The van der Waals surface area contributed by atoms with Crippen LogP contribution >= 0.6 is 23.2 Å². The lowest BCUT2D eigenvalue weighted by Gasteiger charge is -2.50. The lowest BCUT2D eigenvalue weighted by atomic mass is 9.55. The monoisotopic (exact) mass is 439 g/mol. The highest BCUT2D eigenvalue weighted by Gasteiger charge is 2.54. The number of fused-ring (bicyclic) bond motifs is 5. The number of benzene rings is 1. The summed E-state index contributed by atoms with van der Waals surface area (Å²) in [5.41, 5.74) is 2.82. The van der Waals surface area contributed by atoms with E-state index in [9.17, 15) is 9.90 Å². The molecule has 1 aromatic rings. The third-order valence-electron chi connectivity index (χ3n) is 7.82. The van der Waals surface area contributed by atoms with E-state index in [4.69, 9.17) is 27.9 Å². The van der Waals surface area contributed by atoms with Crippen LogP contribution in [0.5, 0.6) is 5.75 Å². The summed E-state index contributed by atoms with van der Waals surface area (Å²) in [5.74, 6) is 3.16. The number of rotatable bonds is 5. The van der Waals surface area contributed by atoms with Gasteiger partial charge in [0.2, 0.25) is 0 Å². The molecule has 0 heterocycles. The van der Waals surface area contributed by atoms with Gasteiger partial charge in [-0.05, 0) is 85.0 Å². The van der Waals surface area contributed by atoms with Gasteiger partial charge in [-0.3, -0.25) is 0 Å². The third-order valence-corrected chi connectivity index (χ3v) is 8.16. The van der Waals surface area contributed by atoms with Crippen molar-refractivity contribution in [2.24, 2.45) is 17.3 Å². The maximum atomic E-state index is 12.4. The van der Waals surface area contributed by atoms with Crippen molar-refractivity contribution in [2.45, 2.75) is 57.5 Å². The van der Waals surface area contributed by atoms with E-state index in [0.29, 0.717) is 48.4 Å². The zero-order valence-electron chi connectivity index (χ0n) is 17.1. The van der Waals surface area contributed by atoms with Gasteiger partial charge in [-0.15, -0.1) is 23.2 Å². The highest BCUT2D eigenvalue weighted by molar-refractivity contribution is 6.18. The molecule has 6 heteroatoms. The van der Waals surface area contributed by atoms with Crippen LogP contribution in [0.3, 0.4) is 0 Å². The van der Waals surface area contributed by atoms with Gasteiger partial charge < -0.3 is 14.7 Å². The number of halogens is 2. The first kappa shape index (κ1) is 21.3. The molecule has 0 unspecified atom stereocenters. The Labute approximate surface area is 183 Å². The summed E-state index contributed by atoms with van der Waals surface area (Å²) < 4.78 is 5.62. The minimum Gasteiger partial charge on any atom is -0.410 e. The number of carbonyl (C=O) groups is 1. The number of ether oxygens (including phenoxy) is 1. The van der Waals surface area contributed by atoms with Crippen LogP contribution in [0.15, 0.2) is 18.2 Å². The molecule has 0 radical (unpaired) electrons. The lowest BCUT2D eigenvalue weighted by molar-refractivity contribution is -0.0226. The highest BCUT2D eigenvalue weighted by Crippen LogP contribution is 2.60. The summed E-state index contributed by atoms with van der Waals surface area (Å²) in [4.78, 5) is 14.0. The van der Waals surface area contributed by atoms with Gasteiger partial charge in [0.25, 0.3) is 0 Å². The molecule has 4 rings (SSSR count). The molecule has 0 saturated heterocycles. The van der Waals surface area contributed by atoms with Crippen LogP contribution in [0.1, 0.15) is 56.1 Å². The summed E-state index contributed by atoms with van der Waals surface area (Å²) in [6.45, 7) is 3.15. The van der Waals surface area contributed by atoms with Crippen LogP contribution in [0, 0.1) is 17.3 Å². The average molecular weight is 440 g/mol. The van der Waals surface area contributed by atoms with Crippen molar-refractivity contribution in [1.29, 1.82) is 0 Å². The van der Waals surface area contributed by atoms with E-state index < -0.39 is 6.09 Å². The molecule has 0 bridgehead atoms. The molecule has 1 amide bonds. The Hall–Kier alpha value is -0.970. The summed E-state index contributed by atoms with van der Waals surface area (Å²) in [7, 11) is 0. The van der Waals surface area contributed by atoms with E-state index >= 15 is 0 Å². The second kappa shape index (κ2) is 8.64. The van der Waals surface area contributed by atoms with E-state index in [1.807, 2.05) is 12.1 Å². The van der Waals surface area contributed by atoms with Crippen LogP contribution in [0.2, 0.25) is 0 Å². The zero-order chi connectivity index (χ0) is 20.6. The molecule has 0 spiro atoms. The van der Waals surface area contributed by atoms with E-state index in [0.717, 1.165) is 38.5 Å². The Morgan fingerprint density at radius 3 is 2.69 bits per heavy atom. The summed E-state index contributed by atoms with van der Waals surface area (Å²) in [6, 6.07) is 6.13. The molecular weight excluding hydrogens is 409 g/mol. The maximum Gasteiger partial charge on any atom is 0.415 e. The Bertz CT molecular complexity index is 752. The molecular formula is C23H31Cl2NO3. The normalized spacial score (nSPS) is 32.8. The van der Waals surface area contributed by atoms with Gasteiger partial charge in [0, 0.05) is 24.8 Å². The Morgan fingerprint density at radius 2 is 1.97 bits per heavy atom. The first-order valence-corrected chi connectivity index (χ1v) is 11.9. The smallest absolute Gasteiger partial charge is 0.410 e. The van der Waals surface area contributed by atoms with E-state index in [1.54, 1.807) is 4.90 Å². The molecule has 3 aliphatic carbocycles. The number of aliphatic hydroxyl groups is 1. The fourth-order valence-electron chi connectivity index (χ4n) is 6.26. The number of hydrogen-bond acceptors (Lipinski definition) is 3. The molecule has 3 aliphatic rings. The number of amides is 1. The fraction of sp³-hybridized carbons (Fsp3) is 0.696. The first-order valence-electron chi connectivity index (χ1n) is 10.9. The summed E-state index contributed by atoms with van der Waals surface area (Å²) in [5, 5.41) is 10.5. The topological polar surface area (TPSA) is 49.8 Å². The number of aryl methyl sites for hydroxylation is 1. The van der Waals surface area contributed by atoms with Gasteiger partial charge in [0.15, 0.2) is 0 Å². The molecule has 0 aliphatic heterocycles. The second-order valence-corrected chi connectivity index (χ2v) is 9.90. The molecule has 1 aromatic carbocycles. The van der Waals surface area contributed by atoms with Gasteiger partial charge in [-0.1, -0.05) is 13.0 Å². The van der Waals surface area contributed by atoms with Crippen molar-refractivity contribution >= 4 is 29.3 Å². The van der Waals surface area contributed by atoms with Crippen LogP contribution < -0.4 is 4.74 Å². The number of aliphatic hydroxyl groups excluding tert-OH is 1. The maximum absolute atomic E-state index is 12.4. The van der Waals surface area contributed by atoms with Crippen molar-refractivity contribution in [3.63, 3.8) is 0 Å². The molecule has 29 heavy (non-hydrogen) atoms. The minimum absolute atomic E-state index is 0.0996. The highest BCUT2D eigenvalue weighted by atomic mass is 35.5. The average Bonchev–Trinajstić information content (AvgIpc) is 3.02. The standard InChI is InChI=1S/C23H31Cl2NO3/c1-23-9-8-18-17-5-3-16(29-22(28)26(12-10-24)13-11-25)14-15(17)2-4-19(18)20(23)6-7-21(23)27/h3,5,14,18-21,27H,2,4,6-13H2,1H3/t18-,19-,20+,21-,23+/m0/s1.